The molecule has 0 fully saturated rings. The van der Waals surface area contributed by atoms with Gasteiger partial charge in [0.15, 0.2) is 0 Å². The maximum atomic E-state index is 12.7. The minimum Gasteiger partial charge on any atom is -0.345 e. The van der Waals surface area contributed by atoms with Crippen LogP contribution in [0.1, 0.15) is 15.9 Å². The Labute approximate surface area is 168 Å². The number of nitrogens with one attached hydrogen (secondary N) is 1. The lowest BCUT2D eigenvalue weighted by Gasteiger charge is -2.11. The molecule has 29 heavy (non-hydrogen) atoms. The number of halogens is 3. The molecule has 154 valence electrons. The first-order valence-corrected chi connectivity index (χ1v) is 9.07. The first-order chi connectivity index (χ1) is 13.5. The molecular weight excluding hydrogens is 411 g/mol. The molecule has 0 saturated carbocycles. The summed E-state index contributed by atoms with van der Waals surface area (Å²) in [6.45, 7) is 0. The fourth-order valence-corrected chi connectivity index (χ4v) is 3.06. The zero-order valence-electron chi connectivity index (χ0n) is 15.3. The van der Waals surface area contributed by atoms with E-state index in [2.05, 4.69) is 5.32 Å². The van der Waals surface area contributed by atoms with E-state index in [0.29, 0.717) is 17.3 Å². The number of carbonyl (C=O) groups is 2. The van der Waals surface area contributed by atoms with E-state index in [4.69, 9.17) is 0 Å². The highest BCUT2D eigenvalue weighted by Crippen LogP contribution is 2.36. The van der Waals surface area contributed by atoms with Crippen molar-refractivity contribution in [2.75, 3.05) is 25.2 Å². The fraction of sp³-hybridized carbons (Fsp3) is 0.222. The zero-order valence-corrected chi connectivity index (χ0v) is 16.1. The van der Waals surface area contributed by atoms with Gasteiger partial charge < -0.3 is 10.2 Å². The quantitative estimate of drug-likeness (QED) is 0.427. The summed E-state index contributed by atoms with van der Waals surface area (Å²) in [5, 5.41) is 13.6. The molecule has 0 radical (unpaired) electrons. The van der Waals surface area contributed by atoms with Crippen LogP contribution in [0.4, 0.5) is 24.5 Å². The summed E-state index contributed by atoms with van der Waals surface area (Å²) < 4.78 is 38.2. The largest absolute Gasteiger partial charge is 0.416 e. The highest BCUT2D eigenvalue weighted by molar-refractivity contribution is 8.00. The lowest BCUT2D eigenvalue weighted by Crippen LogP contribution is -2.21. The van der Waals surface area contributed by atoms with Crippen LogP contribution in [-0.4, -0.2) is 41.5 Å². The fourth-order valence-electron chi connectivity index (χ4n) is 2.25. The maximum absolute atomic E-state index is 12.7. The van der Waals surface area contributed by atoms with Crippen LogP contribution in [0.15, 0.2) is 47.4 Å². The van der Waals surface area contributed by atoms with Gasteiger partial charge in [0.2, 0.25) is 5.91 Å². The van der Waals surface area contributed by atoms with Crippen molar-refractivity contribution >= 4 is 35.0 Å². The molecule has 1 N–H and O–H groups in total. The van der Waals surface area contributed by atoms with Crippen LogP contribution < -0.4 is 5.32 Å². The van der Waals surface area contributed by atoms with Crippen molar-refractivity contribution in [3.05, 3.63) is 63.7 Å². The van der Waals surface area contributed by atoms with Gasteiger partial charge in [0.05, 0.1) is 21.1 Å². The molecule has 0 unspecified atom stereocenters. The average molecular weight is 427 g/mol. The van der Waals surface area contributed by atoms with Crippen LogP contribution in [0.3, 0.4) is 0 Å². The molecule has 2 aromatic carbocycles. The molecular formula is C18H16F3N3O4S. The van der Waals surface area contributed by atoms with Gasteiger partial charge in [0.25, 0.3) is 11.6 Å². The second kappa shape index (κ2) is 8.95. The molecule has 11 heteroatoms. The molecule has 0 saturated heterocycles. The molecule has 0 aliphatic rings. The molecule has 0 aliphatic carbocycles. The second-order valence-electron chi connectivity index (χ2n) is 6.05. The Kier molecular flexibility index (Phi) is 6.85. The molecule has 7 nitrogen and oxygen atoms in total. The molecule has 0 spiro atoms. The van der Waals surface area contributed by atoms with Crippen molar-refractivity contribution in [3.8, 4) is 0 Å². The van der Waals surface area contributed by atoms with Crippen LogP contribution in [0, 0.1) is 10.1 Å². The van der Waals surface area contributed by atoms with E-state index in [-0.39, 0.29) is 16.6 Å². The van der Waals surface area contributed by atoms with E-state index in [9.17, 15) is 32.9 Å². The van der Waals surface area contributed by atoms with Crippen molar-refractivity contribution in [2.24, 2.45) is 0 Å². The van der Waals surface area contributed by atoms with E-state index in [1.807, 2.05) is 0 Å². The van der Waals surface area contributed by atoms with Crippen molar-refractivity contribution in [2.45, 2.75) is 11.1 Å². The van der Waals surface area contributed by atoms with Gasteiger partial charge in [-0.15, -0.1) is 11.8 Å². The number of benzene rings is 2. The van der Waals surface area contributed by atoms with Crippen LogP contribution in [0.5, 0.6) is 0 Å². The van der Waals surface area contributed by atoms with Gasteiger partial charge in [-0.3, -0.25) is 19.7 Å². The molecule has 0 heterocycles. The Morgan fingerprint density at radius 2 is 1.76 bits per heavy atom. The molecule has 0 bridgehead atoms. The number of hydrogen-bond acceptors (Lipinski definition) is 5. The van der Waals surface area contributed by atoms with Crippen LogP contribution in [0.25, 0.3) is 0 Å². The number of alkyl halides is 3. The molecule has 2 rings (SSSR count). The van der Waals surface area contributed by atoms with E-state index < -0.39 is 28.3 Å². The number of amides is 2. The van der Waals surface area contributed by atoms with Crippen molar-refractivity contribution in [3.63, 3.8) is 0 Å². The second-order valence-corrected chi connectivity index (χ2v) is 7.07. The monoisotopic (exact) mass is 427 g/mol. The van der Waals surface area contributed by atoms with E-state index >= 15 is 0 Å². The van der Waals surface area contributed by atoms with Gasteiger partial charge in [-0.25, -0.2) is 0 Å². The molecule has 0 aliphatic heterocycles. The lowest BCUT2D eigenvalue weighted by atomic mass is 10.2. The molecule has 0 atom stereocenters. The standard InChI is InChI=1S/C18H16F3N3O4S/c1-23(2)17(26)11-3-6-13(7-4-11)22-16(25)10-29-15-8-5-12(18(19,20)21)9-14(15)24(27)28/h3-9H,10H2,1-2H3,(H,22,25). The highest BCUT2D eigenvalue weighted by atomic mass is 32.2. The summed E-state index contributed by atoms with van der Waals surface area (Å²) in [5.74, 6) is -0.950. The third-order valence-corrected chi connectivity index (χ3v) is 4.73. The topological polar surface area (TPSA) is 92.6 Å². The Balaban J connectivity index is 2.04. The first-order valence-electron chi connectivity index (χ1n) is 8.09. The highest BCUT2D eigenvalue weighted by Gasteiger charge is 2.33. The Morgan fingerprint density at radius 1 is 1.14 bits per heavy atom. The SMILES string of the molecule is CN(C)C(=O)c1ccc(NC(=O)CSc2ccc(C(F)(F)F)cc2[N+](=O)[O-])cc1. The first kappa shape index (κ1) is 22.2. The number of carbonyl (C=O) groups excluding carboxylic acids is 2. The summed E-state index contributed by atoms with van der Waals surface area (Å²) in [6, 6.07) is 8.27. The van der Waals surface area contributed by atoms with Gasteiger partial charge in [0, 0.05) is 31.4 Å². The van der Waals surface area contributed by atoms with Crippen molar-refractivity contribution in [1.82, 2.24) is 4.90 Å². The third kappa shape index (κ3) is 5.95. The zero-order chi connectivity index (χ0) is 21.8. The number of thioether (sulfide) groups is 1. The summed E-state index contributed by atoms with van der Waals surface area (Å²) in [5.41, 5.74) is -1.01. The predicted octanol–water partition coefficient (Wildman–Crippen LogP) is 4.05. The maximum Gasteiger partial charge on any atom is 0.416 e. The minimum absolute atomic E-state index is 0.0509. The van der Waals surface area contributed by atoms with Crippen molar-refractivity contribution in [1.29, 1.82) is 0 Å². The van der Waals surface area contributed by atoms with Crippen LogP contribution >= 0.6 is 11.8 Å². The number of hydrogen-bond donors (Lipinski definition) is 1. The van der Waals surface area contributed by atoms with E-state index in [1.165, 1.54) is 29.2 Å². The predicted molar refractivity (Wildman–Crippen MR) is 102 cm³/mol. The van der Waals surface area contributed by atoms with Crippen molar-refractivity contribution < 1.29 is 27.7 Å². The molecule has 0 aromatic heterocycles. The van der Waals surface area contributed by atoms with Gasteiger partial charge in [-0.2, -0.15) is 13.2 Å². The Morgan fingerprint density at radius 3 is 2.28 bits per heavy atom. The molecule has 2 aromatic rings. The Hall–Kier alpha value is -3.08. The number of rotatable bonds is 6. The number of nitro groups is 1. The van der Waals surface area contributed by atoms with Gasteiger partial charge >= 0.3 is 6.18 Å². The minimum atomic E-state index is -4.70. The number of anilines is 1. The van der Waals surface area contributed by atoms with Gasteiger partial charge in [-0.1, -0.05) is 0 Å². The number of nitrogens with zero attached hydrogens (tertiary/aromatic N) is 2. The lowest BCUT2D eigenvalue weighted by molar-refractivity contribution is -0.388. The van der Waals surface area contributed by atoms with Gasteiger partial charge in [-0.05, 0) is 36.4 Å². The van der Waals surface area contributed by atoms with Crippen LogP contribution in [-0.2, 0) is 11.0 Å². The summed E-state index contributed by atoms with van der Waals surface area (Å²) in [4.78, 5) is 35.4. The van der Waals surface area contributed by atoms with Crippen LogP contribution in [0.2, 0.25) is 0 Å². The normalized spacial score (nSPS) is 11.1. The smallest absolute Gasteiger partial charge is 0.345 e. The summed E-state index contributed by atoms with van der Waals surface area (Å²) in [7, 11) is 3.21. The third-order valence-electron chi connectivity index (χ3n) is 3.66. The summed E-state index contributed by atoms with van der Waals surface area (Å²) >= 11 is 0.752. The Bertz CT molecular complexity index is 931. The molecule has 2 amide bonds. The number of nitro benzene ring substituents is 1. The van der Waals surface area contributed by atoms with E-state index in [0.717, 1.165) is 23.9 Å². The summed E-state index contributed by atoms with van der Waals surface area (Å²) in [6.07, 6.45) is -4.70. The van der Waals surface area contributed by atoms with Gasteiger partial charge in [0.1, 0.15) is 0 Å². The average Bonchev–Trinajstić information content (AvgIpc) is 2.65. The van der Waals surface area contributed by atoms with E-state index in [1.54, 1.807) is 14.1 Å².